The third-order valence-electron chi connectivity index (χ3n) is 2.18. The summed E-state index contributed by atoms with van der Waals surface area (Å²) in [6.07, 6.45) is 1.48. The summed E-state index contributed by atoms with van der Waals surface area (Å²) >= 11 is 9.30. The summed E-state index contributed by atoms with van der Waals surface area (Å²) in [5.41, 5.74) is 0.625. The van der Waals surface area contributed by atoms with Gasteiger partial charge in [0.15, 0.2) is 5.78 Å². The summed E-state index contributed by atoms with van der Waals surface area (Å²) in [6, 6.07) is 5.37. The summed E-state index contributed by atoms with van der Waals surface area (Å²) in [6.45, 7) is 4.22. The van der Waals surface area contributed by atoms with Gasteiger partial charge in [-0.05, 0) is 30.5 Å². The molecule has 0 radical (unpaired) electrons. The zero-order valence-electron chi connectivity index (χ0n) is 8.89. The lowest BCUT2D eigenvalue weighted by Gasteiger charge is -2.05. The lowest BCUT2D eigenvalue weighted by atomic mass is 10.0. The average Bonchev–Trinajstić information content (AvgIpc) is 2.14. The summed E-state index contributed by atoms with van der Waals surface area (Å²) in [5, 5.41) is 0.526. The molecule has 0 heterocycles. The molecular weight excluding hydrogens is 275 g/mol. The minimum absolute atomic E-state index is 0.126. The van der Waals surface area contributed by atoms with E-state index in [1.165, 1.54) is 0 Å². The molecule has 0 aliphatic rings. The Balaban J connectivity index is 2.74. The van der Waals surface area contributed by atoms with Crippen LogP contribution in [0.1, 0.15) is 37.0 Å². The van der Waals surface area contributed by atoms with E-state index in [4.69, 9.17) is 11.6 Å². The van der Waals surface area contributed by atoms with E-state index in [2.05, 4.69) is 29.8 Å². The number of rotatable bonds is 4. The van der Waals surface area contributed by atoms with Gasteiger partial charge in [0, 0.05) is 16.5 Å². The molecule has 82 valence electrons. The quantitative estimate of drug-likeness (QED) is 0.733. The molecule has 1 aromatic rings. The third-order valence-corrected chi connectivity index (χ3v) is 2.99. The van der Waals surface area contributed by atoms with E-state index in [0.29, 0.717) is 22.9 Å². The standard InChI is InChI=1S/C12H14BrClO/c1-8(2)3-6-12(15)10-5-4-9(13)7-11(10)14/h4-5,7-8H,3,6H2,1-2H3. The summed E-state index contributed by atoms with van der Waals surface area (Å²) in [7, 11) is 0. The van der Waals surface area contributed by atoms with Crippen molar-refractivity contribution in [3.8, 4) is 0 Å². The van der Waals surface area contributed by atoms with Crippen LogP contribution in [0, 0.1) is 5.92 Å². The average molecular weight is 290 g/mol. The molecule has 0 aliphatic carbocycles. The van der Waals surface area contributed by atoms with Crippen LogP contribution < -0.4 is 0 Å². The maximum absolute atomic E-state index is 11.8. The van der Waals surface area contributed by atoms with Crippen LogP contribution in [0.15, 0.2) is 22.7 Å². The van der Waals surface area contributed by atoms with Gasteiger partial charge >= 0.3 is 0 Å². The van der Waals surface area contributed by atoms with Crippen LogP contribution in [0.25, 0.3) is 0 Å². The van der Waals surface area contributed by atoms with Gasteiger partial charge in [-0.2, -0.15) is 0 Å². The van der Waals surface area contributed by atoms with Crippen LogP contribution in [0.4, 0.5) is 0 Å². The van der Waals surface area contributed by atoms with Crippen LogP contribution >= 0.6 is 27.5 Å². The first-order chi connectivity index (χ1) is 7.00. The fraction of sp³-hybridized carbons (Fsp3) is 0.417. The molecular formula is C12H14BrClO. The van der Waals surface area contributed by atoms with Crippen molar-refractivity contribution in [1.29, 1.82) is 0 Å². The van der Waals surface area contributed by atoms with Gasteiger partial charge in [-0.25, -0.2) is 0 Å². The second-order valence-corrected chi connectivity index (χ2v) is 5.30. The smallest absolute Gasteiger partial charge is 0.164 e. The first-order valence-corrected chi connectivity index (χ1v) is 6.16. The lowest BCUT2D eigenvalue weighted by Crippen LogP contribution is -2.02. The first kappa shape index (κ1) is 12.7. The van der Waals surface area contributed by atoms with E-state index in [-0.39, 0.29) is 5.78 Å². The zero-order chi connectivity index (χ0) is 11.4. The van der Waals surface area contributed by atoms with Crippen LogP contribution in [0.3, 0.4) is 0 Å². The molecule has 0 fully saturated rings. The van der Waals surface area contributed by atoms with E-state index < -0.39 is 0 Å². The van der Waals surface area contributed by atoms with Gasteiger partial charge in [-0.3, -0.25) is 4.79 Å². The van der Waals surface area contributed by atoms with Crippen LogP contribution in [0.5, 0.6) is 0 Å². The van der Waals surface area contributed by atoms with Crippen molar-refractivity contribution in [2.75, 3.05) is 0 Å². The Labute approximate surface area is 104 Å². The number of carbonyl (C=O) groups is 1. The molecule has 0 saturated heterocycles. The number of Topliss-reactive ketones (excluding diaryl/α,β-unsaturated/α-hetero) is 1. The van der Waals surface area contributed by atoms with E-state index >= 15 is 0 Å². The van der Waals surface area contributed by atoms with Gasteiger partial charge < -0.3 is 0 Å². The topological polar surface area (TPSA) is 17.1 Å². The Morgan fingerprint density at radius 2 is 2.13 bits per heavy atom. The van der Waals surface area contributed by atoms with E-state index in [0.717, 1.165) is 10.9 Å². The molecule has 0 bridgehead atoms. The van der Waals surface area contributed by atoms with Crippen molar-refractivity contribution in [3.05, 3.63) is 33.3 Å². The number of hydrogen-bond acceptors (Lipinski definition) is 1. The van der Waals surface area contributed by atoms with Crippen molar-refractivity contribution >= 4 is 33.3 Å². The second-order valence-electron chi connectivity index (χ2n) is 3.98. The molecule has 0 aliphatic heterocycles. The minimum Gasteiger partial charge on any atom is -0.294 e. The predicted octanol–water partition coefficient (Wildman–Crippen LogP) is 4.72. The molecule has 1 nitrogen and oxygen atoms in total. The fourth-order valence-corrected chi connectivity index (χ4v) is 2.05. The van der Waals surface area contributed by atoms with Crippen molar-refractivity contribution in [2.45, 2.75) is 26.7 Å². The molecule has 0 unspecified atom stereocenters. The predicted molar refractivity (Wildman–Crippen MR) is 67.6 cm³/mol. The third kappa shape index (κ3) is 3.96. The monoisotopic (exact) mass is 288 g/mol. The summed E-state index contributed by atoms with van der Waals surface area (Å²) in [4.78, 5) is 11.8. The van der Waals surface area contributed by atoms with Crippen LogP contribution in [0.2, 0.25) is 5.02 Å². The number of ketones is 1. The highest BCUT2D eigenvalue weighted by atomic mass is 79.9. The summed E-state index contributed by atoms with van der Waals surface area (Å²) < 4.78 is 0.896. The Kier molecular flexibility index (Phi) is 4.81. The van der Waals surface area contributed by atoms with Gasteiger partial charge in [-0.15, -0.1) is 0 Å². The molecule has 0 saturated carbocycles. The van der Waals surface area contributed by atoms with Gasteiger partial charge in [-0.1, -0.05) is 41.4 Å². The van der Waals surface area contributed by atoms with Gasteiger partial charge in [0.05, 0.1) is 5.02 Å². The lowest BCUT2D eigenvalue weighted by molar-refractivity contribution is 0.0975. The van der Waals surface area contributed by atoms with Crippen LogP contribution in [-0.2, 0) is 0 Å². The number of benzene rings is 1. The summed E-state index contributed by atoms with van der Waals surface area (Å²) in [5.74, 6) is 0.671. The Bertz CT molecular complexity index is 361. The first-order valence-electron chi connectivity index (χ1n) is 4.99. The molecule has 1 aromatic carbocycles. The van der Waals surface area contributed by atoms with Crippen molar-refractivity contribution in [1.82, 2.24) is 0 Å². The second kappa shape index (κ2) is 5.66. The largest absolute Gasteiger partial charge is 0.294 e. The van der Waals surface area contributed by atoms with E-state index in [9.17, 15) is 4.79 Å². The molecule has 0 spiro atoms. The van der Waals surface area contributed by atoms with Crippen molar-refractivity contribution < 1.29 is 4.79 Å². The molecule has 15 heavy (non-hydrogen) atoms. The number of carbonyl (C=O) groups excluding carboxylic acids is 1. The number of hydrogen-bond donors (Lipinski definition) is 0. The van der Waals surface area contributed by atoms with Crippen molar-refractivity contribution in [3.63, 3.8) is 0 Å². The Morgan fingerprint density at radius 1 is 1.47 bits per heavy atom. The highest BCUT2D eigenvalue weighted by Gasteiger charge is 2.10. The minimum atomic E-state index is 0.126. The highest BCUT2D eigenvalue weighted by molar-refractivity contribution is 9.10. The maximum Gasteiger partial charge on any atom is 0.164 e. The molecule has 3 heteroatoms. The Morgan fingerprint density at radius 3 is 2.67 bits per heavy atom. The molecule has 1 rings (SSSR count). The van der Waals surface area contributed by atoms with E-state index in [1.807, 2.05) is 6.07 Å². The van der Waals surface area contributed by atoms with Gasteiger partial charge in [0.1, 0.15) is 0 Å². The highest BCUT2D eigenvalue weighted by Crippen LogP contribution is 2.23. The molecule has 0 atom stereocenters. The normalized spacial score (nSPS) is 10.7. The van der Waals surface area contributed by atoms with Crippen LogP contribution in [-0.4, -0.2) is 5.78 Å². The molecule has 0 aromatic heterocycles. The van der Waals surface area contributed by atoms with Gasteiger partial charge in [0.2, 0.25) is 0 Å². The molecule has 0 amide bonds. The SMILES string of the molecule is CC(C)CCC(=O)c1ccc(Br)cc1Cl. The number of halogens is 2. The molecule has 0 N–H and O–H groups in total. The Hall–Kier alpha value is -0.340. The van der Waals surface area contributed by atoms with Crippen molar-refractivity contribution in [2.24, 2.45) is 5.92 Å². The zero-order valence-corrected chi connectivity index (χ0v) is 11.2. The fourth-order valence-electron chi connectivity index (χ4n) is 1.27. The van der Waals surface area contributed by atoms with Gasteiger partial charge in [0.25, 0.3) is 0 Å². The maximum atomic E-state index is 11.8. The van der Waals surface area contributed by atoms with E-state index in [1.54, 1.807) is 12.1 Å².